The van der Waals surface area contributed by atoms with Crippen molar-refractivity contribution in [2.24, 2.45) is 0 Å². The molecular weight excluding hydrogens is 277 g/mol. The lowest BCUT2D eigenvalue weighted by Crippen LogP contribution is -2.12. The van der Waals surface area contributed by atoms with Crippen molar-refractivity contribution in [3.63, 3.8) is 0 Å². The summed E-state index contributed by atoms with van der Waals surface area (Å²) in [7, 11) is 0. The van der Waals surface area contributed by atoms with E-state index >= 15 is 0 Å². The Labute approximate surface area is 123 Å². The van der Waals surface area contributed by atoms with Crippen LogP contribution in [0, 0.1) is 5.82 Å². The first-order valence-electron chi connectivity index (χ1n) is 6.55. The van der Waals surface area contributed by atoms with E-state index in [1.54, 1.807) is 0 Å². The minimum Gasteiger partial charge on any atom is -0.489 e. The monoisotopic (exact) mass is 293 g/mol. The summed E-state index contributed by atoms with van der Waals surface area (Å²) < 4.78 is 19.1. The molecule has 0 aromatic heterocycles. The number of benzene rings is 2. The Morgan fingerprint density at radius 2 is 1.85 bits per heavy atom. The molecule has 106 valence electrons. The fraction of sp³-hybridized carbons (Fsp3) is 0.250. The summed E-state index contributed by atoms with van der Waals surface area (Å²) in [6.07, 6.45) is 0. The van der Waals surface area contributed by atoms with Crippen molar-refractivity contribution in [2.75, 3.05) is 6.54 Å². The minimum atomic E-state index is -0.286. The van der Waals surface area contributed by atoms with E-state index in [2.05, 4.69) is 5.32 Å². The molecule has 2 aromatic carbocycles. The quantitative estimate of drug-likeness (QED) is 0.863. The van der Waals surface area contributed by atoms with Gasteiger partial charge in [-0.1, -0.05) is 30.7 Å². The van der Waals surface area contributed by atoms with Gasteiger partial charge in [-0.25, -0.2) is 4.39 Å². The van der Waals surface area contributed by atoms with Gasteiger partial charge in [-0.05, 0) is 41.9 Å². The summed E-state index contributed by atoms with van der Waals surface area (Å²) in [6, 6.07) is 12.2. The van der Waals surface area contributed by atoms with E-state index in [0.29, 0.717) is 23.9 Å². The third-order valence-corrected chi connectivity index (χ3v) is 3.08. The second kappa shape index (κ2) is 7.27. The van der Waals surface area contributed by atoms with Crippen LogP contribution in [0.5, 0.6) is 5.75 Å². The second-order valence-corrected chi connectivity index (χ2v) is 4.93. The van der Waals surface area contributed by atoms with E-state index in [1.807, 2.05) is 37.3 Å². The molecule has 0 bridgehead atoms. The van der Waals surface area contributed by atoms with E-state index in [-0.39, 0.29) is 5.82 Å². The van der Waals surface area contributed by atoms with E-state index in [4.69, 9.17) is 16.3 Å². The van der Waals surface area contributed by atoms with Crippen LogP contribution in [-0.2, 0) is 13.2 Å². The van der Waals surface area contributed by atoms with Crippen molar-refractivity contribution in [1.82, 2.24) is 5.32 Å². The van der Waals surface area contributed by atoms with Gasteiger partial charge in [0.1, 0.15) is 18.2 Å². The molecule has 0 saturated heterocycles. The van der Waals surface area contributed by atoms with E-state index in [0.717, 1.165) is 17.7 Å². The molecule has 2 aromatic rings. The van der Waals surface area contributed by atoms with Gasteiger partial charge in [-0.3, -0.25) is 0 Å². The van der Waals surface area contributed by atoms with Crippen LogP contribution in [0.2, 0.25) is 5.02 Å². The summed E-state index contributed by atoms with van der Waals surface area (Å²) in [5, 5.41) is 3.85. The van der Waals surface area contributed by atoms with E-state index in [9.17, 15) is 4.39 Å². The van der Waals surface area contributed by atoms with E-state index < -0.39 is 0 Å². The Morgan fingerprint density at radius 1 is 1.10 bits per heavy atom. The van der Waals surface area contributed by atoms with Gasteiger partial charge in [0, 0.05) is 17.6 Å². The number of ether oxygens (including phenoxy) is 1. The molecular formula is C16H17ClFNO. The number of nitrogens with one attached hydrogen (secondary N) is 1. The molecule has 0 fully saturated rings. The highest BCUT2D eigenvalue weighted by atomic mass is 35.5. The Kier molecular flexibility index (Phi) is 5.39. The standard InChI is InChI=1S/C16H17ClFNO/c1-2-19-10-13-7-15(18)9-16(8-13)20-11-12-3-5-14(17)6-4-12/h3-9,19H,2,10-11H2,1H3. The van der Waals surface area contributed by atoms with Gasteiger partial charge in [-0.15, -0.1) is 0 Å². The SMILES string of the molecule is CCNCc1cc(F)cc(OCc2ccc(Cl)cc2)c1. The Morgan fingerprint density at radius 3 is 2.55 bits per heavy atom. The van der Waals surface area contributed by atoms with Crippen molar-refractivity contribution in [1.29, 1.82) is 0 Å². The first kappa shape index (κ1) is 14.8. The van der Waals surface area contributed by atoms with Crippen molar-refractivity contribution in [3.8, 4) is 5.75 Å². The smallest absolute Gasteiger partial charge is 0.127 e. The number of hydrogen-bond donors (Lipinski definition) is 1. The lowest BCUT2D eigenvalue weighted by molar-refractivity contribution is 0.304. The lowest BCUT2D eigenvalue weighted by atomic mass is 10.2. The summed E-state index contributed by atoms with van der Waals surface area (Å²) in [6.45, 7) is 3.88. The third-order valence-electron chi connectivity index (χ3n) is 2.83. The first-order chi connectivity index (χ1) is 9.67. The molecule has 0 atom stereocenters. The molecule has 20 heavy (non-hydrogen) atoms. The molecule has 1 N–H and O–H groups in total. The number of hydrogen-bond acceptors (Lipinski definition) is 2. The van der Waals surface area contributed by atoms with Crippen LogP contribution in [-0.4, -0.2) is 6.54 Å². The van der Waals surface area contributed by atoms with Crippen molar-refractivity contribution < 1.29 is 9.13 Å². The van der Waals surface area contributed by atoms with Crippen molar-refractivity contribution in [2.45, 2.75) is 20.1 Å². The predicted molar refractivity (Wildman–Crippen MR) is 79.6 cm³/mol. The Bertz CT molecular complexity index is 557. The first-order valence-corrected chi connectivity index (χ1v) is 6.92. The topological polar surface area (TPSA) is 21.3 Å². The fourth-order valence-electron chi connectivity index (χ4n) is 1.82. The fourth-order valence-corrected chi connectivity index (χ4v) is 1.95. The molecule has 0 saturated carbocycles. The third kappa shape index (κ3) is 4.51. The molecule has 0 unspecified atom stereocenters. The van der Waals surface area contributed by atoms with E-state index in [1.165, 1.54) is 12.1 Å². The maximum Gasteiger partial charge on any atom is 0.127 e. The van der Waals surface area contributed by atoms with Crippen LogP contribution >= 0.6 is 11.6 Å². The van der Waals surface area contributed by atoms with Gasteiger partial charge in [0.15, 0.2) is 0 Å². The zero-order chi connectivity index (χ0) is 14.4. The van der Waals surface area contributed by atoms with Crippen LogP contribution < -0.4 is 10.1 Å². The Balaban J connectivity index is 2.01. The number of halogens is 2. The molecule has 2 rings (SSSR count). The average Bonchev–Trinajstić information content (AvgIpc) is 2.44. The van der Waals surface area contributed by atoms with Crippen LogP contribution in [0.25, 0.3) is 0 Å². The van der Waals surface area contributed by atoms with Crippen molar-refractivity contribution >= 4 is 11.6 Å². The van der Waals surface area contributed by atoms with Gasteiger partial charge >= 0.3 is 0 Å². The Hall–Kier alpha value is -1.58. The van der Waals surface area contributed by atoms with Gasteiger partial charge in [-0.2, -0.15) is 0 Å². The molecule has 0 aliphatic heterocycles. The van der Waals surface area contributed by atoms with Gasteiger partial charge in [0.05, 0.1) is 0 Å². The second-order valence-electron chi connectivity index (χ2n) is 4.49. The summed E-state index contributed by atoms with van der Waals surface area (Å²) in [4.78, 5) is 0. The minimum absolute atomic E-state index is 0.286. The molecule has 0 radical (unpaired) electrons. The van der Waals surface area contributed by atoms with Crippen LogP contribution in [0.1, 0.15) is 18.1 Å². The largest absolute Gasteiger partial charge is 0.489 e. The maximum atomic E-state index is 13.5. The summed E-state index contributed by atoms with van der Waals surface area (Å²) in [5.41, 5.74) is 1.87. The predicted octanol–water partition coefficient (Wildman–Crippen LogP) is 4.17. The van der Waals surface area contributed by atoms with Crippen molar-refractivity contribution in [3.05, 3.63) is 64.4 Å². The molecule has 0 heterocycles. The maximum absolute atomic E-state index is 13.5. The molecule has 0 aliphatic rings. The molecule has 0 amide bonds. The molecule has 2 nitrogen and oxygen atoms in total. The van der Waals surface area contributed by atoms with Gasteiger partial charge < -0.3 is 10.1 Å². The number of rotatable bonds is 6. The lowest BCUT2D eigenvalue weighted by Gasteiger charge is -2.09. The average molecular weight is 294 g/mol. The highest BCUT2D eigenvalue weighted by molar-refractivity contribution is 6.30. The zero-order valence-corrected chi connectivity index (χ0v) is 12.1. The van der Waals surface area contributed by atoms with Gasteiger partial charge in [0.2, 0.25) is 0 Å². The summed E-state index contributed by atoms with van der Waals surface area (Å²) in [5.74, 6) is 0.249. The normalized spacial score (nSPS) is 10.6. The molecule has 4 heteroatoms. The van der Waals surface area contributed by atoms with Gasteiger partial charge in [0.25, 0.3) is 0 Å². The van der Waals surface area contributed by atoms with Crippen LogP contribution in [0.4, 0.5) is 4.39 Å². The molecule has 0 aliphatic carbocycles. The van der Waals surface area contributed by atoms with Crippen LogP contribution in [0.15, 0.2) is 42.5 Å². The summed E-state index contributed by atoms with van der Waals surface area (Å²) >= 11 is 5.82. The van der Waals surface area contributed by atoms with Crippen LogP contribution in [0.3, 0.4) is 0 Å². The highest BCUT2D eigenvalue weighted by Crippen LogP contribution is 2.18. The zero-order valence-electron chi connectivity index (χ0n) is 11.3. The molecule has 0 spiro atoms. The highest BCUT2D eigenvalue weighted by Gasteiger charge is 2.02.